The van der Waals surface area contributed by atoms with E-state index in [4.69, 9.17) is 4.74 Å². The molecule has 1 saturated heterocycles. The van der Waals surface area contributed by atoms with E-state index < -0.39 is 12.2 Å². The highest BCUT2D eigenvalue weighted by Gasteiger charge is 2.23. The van der Waals surface area contributed by atoms with Crippen molar-refractivity contribution in [1.29, 1.82) is 0 Å². The smallest absolute Gasteiger partial charge is 0.411 e. The summed E-state index contributed by atoms with van der Waals surface area (Å²) >= 11 is 0. The number of phenols is 1. The van der Waals surface area contributed by atoms with Crippen LogP contribution >= 0.6 is 0 Å². The highest BCUT2D eigenvalue weighted by atomic mass is 16.6. The van der Waals surface area contributed by atoms with E-state index in [1.807, 2.05) is 103 Å². The molecule has 13 nitrogen and oxygen atoms in total. The minimum Gasteiger partial charge on any atom is -0.506 e. The van der Waals surface area contributed by atoms with E-state index in [2.05, 4.69) is 31.2 Å². The van der Waals surface area contributed by atoms with Gasteiger partial charge in [0.15, 0.2) is 0 Å². The number of hydrogen-bond acceptors (Lipinski definition) is 9. The first-order chi connectivity index (χ1) is 30.2. The molecule has 0 saturated carbocycles. The topological polar surface area (TPSA) is 185 Å². The molecule has 0 aliphatic carbocycles. The quantitative estimate of drug-likeness (QED) is 0.0554. The van der Waals surface area contributed by atoms with Crippen LogP contribution in [0.2, 0.25) is 0 Å². The lowest BCUT2D eigenvalue weighted by Gasteiger charge is -2.31. The number of amides is 3. The van der Waals surface area contributed by atoms with Crippen LogP contribution in [0.25, 0.3) is 22.0 Å². The zero-order chi connectivity index (χ0) is 43.3. The number of aliphatic hydroxyl groups is 1. The van der Waals surface area contributed by atoms with Gasteiger partial charge in [0.25, 0.3) is 0 Å². The first kappa shape index (κ1) is 43.3. The Hall–Kier alpha value is -6.80. The standard InChI is InChI=1S/C49H52N6O7/c56-43-19-17-40(41-18-20-46(59)54-48(41)43)44(57)32-50-29-36-8-6-7-35(27-36)28-47(60)52-31-34-15-13-33(14-16-34)30-51-45(58)23-26-55-24-21-38(22-25-55)62-49(61)53-42-12-5-4-11-39(42)37-9-2-1-3-10-37/h1-20,27,38,44,50,56-57H,21-26,28-32H2,(H,51,58)(H,52,60)(H,53,61)(H,54,59)/t44-/m0/s1. The largest absolute Gasteiger partial charge is 0.506 e. The van der Waals surface area contributed by atoms with E-state index in [0.717, 1.165) is 46.5 Å². The van der Waals surface area contributed by atoms with Crippen LogP contribution in [0.5, 0.6) is 5.75 Å². The summed E-state index contributed by atoms with van der Waals surface area (Å²) in [5.74, 6) is -0.201. The van der Waals surface area contributed by atoms with E-state index in [1.165, 1.54) is 12.1 Å². The molecular formula is C49H52N6O7. The summed E-state index contributed by atoms with van der Waals surface area (Å²) < 4.78 is 5.75. The first-order valence-electron chi connectivity index (χ1n) is 20.9. The maximum Gasteiger partial charge on any atom is 0.411 e. The molecule has 6 aromatic rings. The summed E-state index contributed by atoms with van der Waals surface area (Å²) in [4.78, 5) is 54.8. The van der Waals surface area contributed by atoms with Gasteiger partial charge in [0, 0.05) is 69.3 Å². The highest BCUT2D eigenvalue weighted by molar-refractivity contribution is 5.91. The minimum atomic E-state index is -0.877. The van der Waals surface area contributed by atoms with Gasteiger partial charge in [-0.15, -0.1) is 0 Å². The molecule has 0 unspecified atom stereocenters. The predicted octanol–water partition coefficient (Wildman–Crippen LogP) is 6.30. The summed E-state index contributed by atoms with van der Waals surface area (Å²) in [6.45, 7) is 3.61. The number of anilines is 1. The molecule has 13 heteroatoms. The molecule has 1 aromatic heterocycles. The van der Waals surface area contributed by atoms with Crippen molar-refractivity contribution < 1.29 is 29.3 Å². The number of benzene rings is 5. The molecule has 1 fully saturated rings. The number of aromatic hydroxyl groups is 1. The molecule has 320 valence electrons. The van der Waals surface area contributed by atoms with Gasteiger partial charge >= 0.3 is 6.09 Å². The molecule has 1 aliphatic rings. The fourth-order valence-electron chi connectivity index (χ4n) is 7.64. The number of hydrogen-bond donors (Lipinski definition) is 7. The van der Waals surface area contributed by atoms with Crippen LogP contribution in [0.4, 0.5) is 10.5 Å². The third-order valence-corrected chi connectivity index (χ3v) is 11.0. The van der Waals surface area contributed by atoms with Gasteiger partial charge < -0.3 is 40.8 Å². The number of nitrogens with zero attached hydrogens (tertiary/aromatic N) is 1. The molecule has 7 N–H and O–H groups in total. The van der Waals surface area contributed by atoms with Crippen molar-refractivity contribution in [2.24, 2.45) is 0 Å². The summed E-state index contributed by atoms with van der Waals surface area (Å²) in [6.07, 6.45) is 0.471. The number of aromatic nitrogens is 1. The molecule has 3 amide bonds. The number of aliphatic hydroxyl groups excluding tert-OH is 1. The number of ether oxygens (including phenoxy) is 1. The van der Waals surface area contributed by atoms with Gasteiger partial charge in [-0.3, -0.25) is 19.7 Å². The van der Waals surface area contributed by atoms with Crippen LogP contribution in [0.3, 0.4) is 0 Å². The van der Waals surface area contributed by atoms with Gasteiger partial charge in [-0.05, 0) is 64.4 Å². The second kappa shape index (κ2) is 21.1. The number of fused-ring (bicyclic) bond motifs is 1. The van der Waals surface area contributed by atoms with E-state index >= 15 is 0 Å². The van der Waals surface area contributed by atoms with Crippen LogP contribution in [-0.4, -0.2) is 70.3 Å². The number of likely N-dealkylation sites (tertiary alicyclic amines) is 1. The van der Waals surface area contributed by atoms with Gasteiger partial charge in [-0.2, -0.15) is 0 Å². The Morgan fingerprint density at radius 3 is 2.19 bits per heavy atom. The van der Waals surface area contributed by atoms with Gasteiger partial charge in [0.2, 0.25) is 17.4 Å². The summed E-state index contributed by atoms with van der Waals surface area (Å²) in [5.41, 5.74) is 6.91. The Kier molecular flexibility index (Phi) is 14.8. The normalized spacial score (nSPS) is 13.6. The van der Waals surface area contributed by atoms with Gasteiger partial charge in [0.1, 0.15) is 11.9 Å². The molecule has 0 spiro atoms. The number of carbonyl (C=O) groups excluding carboxylic acids is 3. The summed E-state index contributed by atoms with van der Waals surface area (Å²) in [6, 6.07) is 39.1. The highest BCUT2D eigenvalue weighted by Crippen LogP contribution is 2.29. The Morgan fingerprint density at radius 1 is 0.742 bits per heavy atom. The van der Waals surface area contributed by atoms with Crippen LogP contribution in [0, 0.1) is 0 Å². The van der Waals surface area contributed by atoms with Gasteiger partial charge in [-0.25, -0.2) is 4.79 Å². The van der Waals surface area contributed by atoms with Crippen molar-refractivity contribution in [3.8, 4) is 16.9 Å². The molecule has 1 aliphatic heterocycles. The first-order valence-corrected chi connectivity index (χ1v) is 20.9. The van der Waals surface area contributed by atoms with E-state index in [9.17, 15) is 29.4 Å². The Bertz CT molecular complexity index is 2520. The molecular weight excluding hydrogens is 785 g/mol. The number of pyridine rings is 1. The number of rotatable bonds is 17. The van der Waals surface area contributed by atoms with Crippen LogP contribution in [0.1, 0.15) is 53.2 Å². The van der Waals surface area contributed by atoms with Crippen LogP contribution in [0.15, 0.2) is 132 Å². The maximum atomic E-state index is 12.8. The number of aromatic amines is 1. The average Bonchev–Trinajstić information content (AvgIpc) is 3.28. The van der Waals surface area contributed by atoms with Gasteiger partial charge in [0.05, 0.1) is 23.7 Å². The predicted molar refractivity (Wildman–Crippen MR) is 239 cm³/mol. The van der Waals surface area contributed by atoms with E-state index in [-0.39, 0.29) is 47.7 Å². The molecule has 7 rings (SSSR count). The second-order valence-corrected chi connectivity index (χ2v) is 15.5. The Morgan fingerprint density at radius 2 is 1.44 bits per heavy atom. The van der Waals surface area contributed by atoms with Crippen molar-refractivity contribution >= 4 is 34.5 Å². The molecule has 0 radical (unpaired) electrons. The van der Waals surface area contributed by atoms with Crippen molar-refractivity contribution in [3.63, 3.8) is 0 Å². The maximum absolute atomic E-state index is 12.8. The van der Waals surface area contributed by atoms with Crippen molar-refractivity contribution in [1.82, 2.24) is 25.8 Å². The van der Waals surface area contributed by atoms with Crippen molar-refractivity contribution in [3.05, 3.63) is 166 Å². The lowest BCUT2D eigenvalue weighted by atomic mass is 10.0. The van der Waals surface area contributed by atoms with Crippen molar-refractivity contribution in [2.75, 3.05) is 31.5 Å². The fraction of sp³-hybridized carbons (Fsp3) is 0.265. The molecule has 62 heavy (non-hydrogen) atoms. The zero-order valence-corrected chi connectivity index (χ0v) is 34.4. The number of H-pyrrole nitrogens is 1. The minimum absolute atomic E-state index is 0.0315. The lowest BCUT2D eigenvalue weighted by Crippen LogP contribution is -2.40. The number of nitrogens with one attached hydrogen (secondary N) is 5. The Balaban J connectivity index is 0.760. The van der Waals surface area contributed by atoms with E-state index in [0.29, 0.717) is 62.1 Å². The average molecular weight is 837 g/mol. The number of piperidine rings is 1. The monoisotopic (exact) mass is 836 g/mol. The SMILES string of the molecule is O=C(CCN1CCC(OC(=O)Nc2ccccc2-c2ccccc2)CC1)NCc1ccc(CNC(=O)Cc2cccc(CNC[C@H](O)c3ccc(O)c4[nH]c(=O)ccc34)c2)cc1. The zero-order valence-electron chi connectivity index (χ0n) is 34.4. The summed E-state index contributed by atoms with van der Waals surface area (Å²) in [5, 5.41) is 33.7. The molecule has 0 bridgehead atoms. The Labute approximate surface area is 360 Å². The fourth-order valence-corrected chi connectivity index (χ4v) is 7.64. The lowest BCUT2D eigenvalue weighted by molar-refractivity contribution is -0.122. The number of phenolic OH excluding ortho intramolecular Hbond substituents is 1. The number of carbonyl (C=O) groups is 3. The van der Waals surface area contributed by atoms with E-state index in [1.54, 1.807) is 12.1 Å². The summed E-state index contributed by atoms with van der Waals surface area (Å²) in [7, 11) is 0. The second-order valence-electron chi connectivity index (χ2n) is 15.5. The van der Waals surface area contributed by atoms with Crippen LogP contribution in [-0.2, 0) is 40.4 Å². The number of para-hydroxylation sites is 1. The molecule has 1 atom stereocenters. The van der Waals surface area contributed by atoms with Crippen LogP contribution < -0.4 is 26.8 Å². The molecule has 2 heterocycles. The third kappa shape index (κ3) is 12.2. The molecule has 5 aromatic carbocycles. The van der Waals surface area contributed by atoms with Crippen molar-refractivity contribution in [2.45, 2.75) is 57.5 Å². The van der Waals surface area contributed by atoms with Gasteiger partial charge in [-0.1, -0.05) is 103 Å². The third-order valence-electron chi connectivity index (χ3n) is 11.0.